The zero-order valence-electron chi connectivity index (χ0n) is 20.7. The maximum absolute atomic E-state index is 12.9. The van der Waals surface area contributed by atoms with Gasteiger partial charge in [-0.15, -0.1) is 0 Å². The number of nitrogens with zero attached hydrogens (tertiary/aromatic N) is 4. The fourth-order valence-electron chi connectivity index (χ4n) is 4.78. The number of para-hydroxylation sites is 1. The van der Waals surface area contributed by atoms with E-state index in [4.69, 9.17) is 9.72 Å². The minimum atomic E-state index is -0.254. The number of benzene rings is 2. The molecule has 1 N–H and O–H groups in total. The molecule has 0 radical (unpaired) electrons. The van der Waals surface area contributed by atoms with Crippen LogP contribution in [-0.4, -0.2) is 37.3 Å². The Morgan fingerprint density at radius 3 is 2.72 bits per heavy atom. The van der Waals surface area contributed by atoms with Gasteiger partial charge in [0.2, 0.25) is 0 Å². The molecular formula is C29H30FN5O. The van der Waals surface area contributed by atoms with Crippen LogP contribution in [0.2, 0.25) is 0 Å². The van der Waals surface area contributed by atoms with Crippen LogP contribution in [0.3, 0.4) is 0 Å². The molecule has 0 amide bonds. The molecule has 0 unspecified atom stereocenters. The molecule has 2 aromatic carbocycles. The summed E-state index contributed by atoms with van der Waals surface area (Å²) in [7, 11) is 0. The van der Waals surface area contributed by atoms with E-state index in [0.717, 1.165) is 70.4 Å². The summed E-state index contributed by atoms with van der Waals surface area (Å²) in [6.45, 7) is 13.6. The van der Waals surface area contributed by atoms with Gasteiger partial charge < -0.3 is 18.9 Å². The summed E-state index contributed by atoms with van der Waals surface area (Å²) in [6, 6.07) is 13.3. The number of nitrogens with one attached hydrogen (secondary N) is 1. The van der Waals surface area contributed by atoms with Crippen molar-refractivity contribution in [3.05, 3.63) is 78.1 Å². The number of ether oxygens (including phenoxy) is 1. The molecule has 6 rings (SSSR count). The second-order valence-electron chi connectivity index (χ2n) is 9.00. The molecular weight excluding hydrogens is 453 g/mol. The van der Waals surface area contributed by atoms with Gasteiger partial charge in [-0.25, -0.2) is 14.4 Å². The van der Waals surface area contributed by atoms with Gasteiger partial charge in [0, 0.05) is 53.7 Å². The number of halogens is 1. The molecule has 0 atom stereocenters. The average molecular weight is 484 g/mol. The van der Waals surface area contributed by atoms with Gasteiger partial charge in [-0.05, 0) is 44.9 Å². The highest BCUT2D eigenvalue weighted by Crippen LogP contribution is 2.30. The van der Waals surface area contributed by atoms with Gasteiger partial charge in [-0.2, -0.15) is 0 Å². The molecule has 6 nitrogen and oxygen atoms in total. The van der Waals surface area contributed by atoms with Crippen molar-refractivity contribution < 1.29 is 9.13 Å². The van der Waals surface area contributed by atoms with Crippen molar-refractivity contribution in [2.45, 2.75) is 32.7 Å². The average Bonchev–Trinajstić information content (AvgIpc) is 3.59. The third-order valence-electron chi connectivity index (χ3n) is 6.62. The number of H-pyrrole nitrogens is 1. The number of hydrogen-bond acceptors (Lipinski definition) is 3. The van der Waals surface area contributed by atoms with Gasteiger partial charge in [0.15, 0.2) is 0 Å². The number of allylic oxidation sites excluding steroid dienone is 1. The van der Waals surface area contributed by atoms with Crippen molar-refractivity contribution in [1.82, 2.24) is 24.1 Å². The van der Waals surface area contributed by atoms with Gasteiger partial charge in [-0.3, -0.25) is 0 Å². The summed E-state index contributed by atoms with van der Waals surface area (Å²) in [5.74, 6) is 0.753. The van der Waals surface area contributed by atoms with Crippen molar-refractivity contribution in [2.24, 2.45) is 0 Å². The molecule has 5 aromatic rings. The zero-order chi connectivity index (χ0) is 25.2. The molecule has 0 aliphatic carbocycles. The number of hydrogen-bond donors (Lipinski definition) is 1. The van der Waals surface area contributed by atoms with E-state index in [1.807, 2.05) is 26.0 Å². The van der Waals surface area contributed by atoms with E-state index in [2.05, 4.69) is 52.1 Å². The molecule has 184 valence electrons. The van der Waals surface area contributed by atoms with Gasteiger partial charge in [0.05, 0.1) is 21.7 Å². The van der Waals surface area contributed by atoms with E-state index in [1.54, 1.807) is 17.0 Å². The quantitative estimate of drug-likeness (QED) is 0.381. The lowest BCUT2D eigenvalue weighted by atomic mass is 10.1. The predicted molar refractivity (Wildman–Crippen MR) is 144 cm³/mol. The van der Waals surface area contributed by atoms with Gasteiger partial charge in [0.1, 0.15) is 18.0 Å². The third-order valence-corrected chi connectivity index (χ3v) is 6.62. The summed E-state index contributed by atoms with van der Waals surface area (Å²) in [5.41, 5.74) is 4.65. The smallest absolute Gasteiger partial charge is 0.143 e. The predicted octanol–water partition coefficient (Wildman–Crippen LogP) is 5.26. The van der Waals surface area contributed by atoms with Crippen LogP contribution in [0.25, 0.3) is 51.7 Å². The van der Waals surface area contributed by atoms with Gasteiger partial charge in [0.25, 0.3) is 0 Å². The Morgan fingerprint density at radius 2 is 1.97 bits per heavy atom. The fraction of sp³-hybridized carbons (Fsp3) is 0.241. The van der Waals surface area contributed by atoms with Crippen LogP contribution < -0.4 is 10.7 Å². The molecule has 3 aromatic heterocycles. The Bertz CT molecular complexity index is 1650. The Morgan fingerprint density at radius 1 is 1.19 bits per heavy atom. The zero-order valence-corrected chi connectivity index (χ0v) is 20.7. The van der Waals surface area contributed by atoms with Crippen LogP contribution in [0.5, 0.6) is 0 Å². The van der Waals surface area contributed by atoms with Crippen LogP contribution in [0.15, 0.2) is 61.6 Å². The number of imidazole rings is 2. The number of rotatable bonds is 3. The number of aromatic amines is 1. The number of fused-ring (bicyclic) bond motifs is 2. The molecule has 7 heteroatoms. The molecule has 1 aliphatic rings. The summed E-state index contributed by atoms with van der Waals surface area (Å²) in [4.78, 5) is 12.4. The van der Waals surface area contributed by atoms with Gasteiger partial charge in [-0.1, -0.05) is 37.4 Å². The van der Waals surface area contributed by atoms with E-state index in [0.29, 0.717) is 6.04 Å². The van der Waals surface area contributed by atoms with Crippen LogP contribution in [0.1, 0.15) is 32.7 Å². The van der Waals surface area contributed by atoms with Crippen molar-refractivity contribution >= 4 is 40.3 Å². The van der Waals surface area contributed by atoms with E-state index < -0.39 is 0 Å². The monoisotopic (exact) mass is 483 g/mol. The summed E-state index contributed by atoms with van der Waals surface area (Å²) < 4.78 is 22.5. The Labute approximate surface area is 209 Å². The topological polar surface area (TPSA) is 60.7 Å². The second kappa shape index (κ2) is 9.95. The molecule has 1 saturated heterocycles. The van der Waals surface area contributed by atoms with E-state index >= 15 is 0 Å². The largest absolute Gasteiger partial charge is 0.381 e. The number of aromatic nitrogens is 5. The van der Waals surface area contributed by atoms with Crippen LogP contribution in [0, 0.1) is 5.82 Å². The lowest BCUT2D eigenvalue weighted by Gasteiger charge is -2.25. The molecule has 0 bridgehead atoms. The first-order valence-electron chi connectivity index (χ1n) is 12.1. The van der Waals surface area contributed by atoms with Crippen LogP contribution >= 0.6 is 0 Å². The molecule has 0 spiro atoms. The maximum Gasteiger partial charge on any atom is 0.143 e. The van der Waals surface area contributed by atoms with Gasteiger partial charge >= 0.3 is 0 Å². The van der Waals surface area contributed by atoms with E-state index in [9.17, 15) is 4.39 Å². The fourth-order valence-corrected chi connectivity index (χ4v) is 4.78. The Kier molecular flexibility index (Phi) is 6.57. The summed E-state index contributed by atoms with van der Waals surface area (Å²) >= 11 is 0. The van der Waals surface area contributed by atoms with Crippen molar-refractivity contribution in [3.8, 4) is 11.4 Å². The standard InChI is InChI=1S/C19H21N3O.C10H9FN2/c1-3-17-13(2)22(14-8-10-23-11-9-14)19(21-17)16-12-20-18-7-5-4-6-15(16)18;1-7(2)13-6-12-9-4-3-8(11)5-10(9)13/h3-7,12,14,20H,2,8-11H2,1H3;3-6H,1H2,2H3/b17-3+;. The first kappa shape index (κ1) is 23.8. The first-order valence-corrected chi connectivity index (χ1v) is 12.1. The van der Waals surface area contributed by atoms with Crippen molar-refractivity contribution in [3.63, 3.8) is 0 Å². The van der Waals surface area contributed by atoms with Crippen LogP contribution in [0.4, 0.5) is 4.39 Å². The summed E-state index contributed by atoms with van der Waals surface area (Å²) in [5, 5.41) is 3.17. The Hall–Kier alpha value is -3.97. The minimum absolute atomic E-state index is 0.254. The third kappa shape index (κ3) is 4.38. The molecule has 1 fully saturated rings. The minimum Gasteiger partial charge on any atom is -0.381 e. The molecule has 4 heterocycles. The lowest BCUT2D eigenvalue weighted by Crippen LogP contribution is -2.33. The highest BCUT2D eigenvalue weighted by molar-refractivity contribution is 5.93. The highest BCUT2D eigenvalue weighted by atomic mass is 19.1. The normalized spacial score (nSPS) is 14.8. The molecule has 0 saturated carbocycles. The SMILES string of the molecule is C=C(C)n1cnc2ccc(F)cc21.C=c1/c(=C\C)nc(-c2c[nH]c3ccccc23)n1C1CCOCC1. The summed E-state index contributed by atoms with van der Waals surface area (Å²) in [6.07, 6.45) is 7.76. The molecule has 36 heavy (non-hydrogen) atoms. The van der Waals surface area contributed by atoms with Crippen molar-refractivity contribution in [1.29, 1.82) is 0 Å². The lowest BCUT2D eigenvalue weighted by molar-refractivity contribution is 0.0693. The Balaban J connectivity index is 0.000000174. The molecule has 1 aliphatic heterocycles. The second-order valence-corrected chi connectivity index (χ2v) is 9.00. The maximum atomic E-state index is 12.9. The highest BCUT2D eigenvalue weighted by Gasteiger charge is 2.22. The first-order chi connectivity index (χ1) is 17.5. The van der Waals surface area contributed by atoms with E-state index in [-0.39, 0.29) is 5.82 Å². The van der Waals surface area contributed by atoms with E-state index in [1.165, 1.54) is 17.5 Å². The van der Waals surface area contributed by atoms with Crippen LogP contribution in [-0.2, 0) is 4.74 Å². The van der Waals surface area contributed by atoms with Crippen molar-refractivity contribution in [2.75, 3.05) is 13.2 Å².